The molecule has 0 heterocycles. The summed E-state index contributed by atoms with van der Waals surface area (Å²) in [5.74, 6) is -0.0528. The largest absolute Gasteiger partial charge is 0.396 e. The lowest BCUT2D eigenvalue weighted by atomic mass is 9.89. The van der Waals surface area contributed by atoms with Gasteiger partial charge in [0.05, 0.1) is 10.00 Å². The number of hydrogen-bond donors (Lipinski definition) is 1. The molecular formula is C11H22O3S. The lowest BCUT2D eigenvalue weighted by Crippen LogP contribution is -2.43. The molecule has 1 aliphatic carbocycles. The molecular weight excluding hydrogens is 212 g/mol. The third kappa shape index (κ3) is 2.53. The summed E-state index contributed by atoms with van der Waals surface area (Å²) in [7, 11) is -3.12. The van der Waals surface area contributed by atoms with Crippen molar-refractivity contribution in [2.75, 3.05) is 6.61 Å². The van der Waals surface area contributed by atoms with Crippen LogP contribution in [0.2, 0.25) is 0 Å². The Morgan fingerprint density at radius 2 is 1.73 bits per heavy atom. The Morgan fingerprint density at radius 3 is 2.20 bits per heavy atom. The Labute approximate surface area is 92.8 Å². The maximum absolute atomic E-state index is 12.3. The highest BCUT2D eigenvalue weighted by atomic mass is 32.2. The molecule has 0 saturated heterocycles. The first kappa shape index (κ1) is 13.0. The van der Waals surface area contributed by atoms with Crippen molar-refractivity contribution in [3.05, 3.63) is 0 Å². The van der Waals surface area contributed by atoms with E-state index in [-0.39, 0.29) is 17.8 Å². The molecule has 0 bridgehead atoms. The first-order valence-corrected chi connectivity index (χ1v) is 7.19. The van der Waals surface area contributed by atoms with E-state index in [1.165, 1.54) is 0 Å². The number of aliphatic hydroxyl groups is 1. The lowest BCUT2D eigenvalue weighted by Gasteiger charge is -2.34. The summed E-state index contributed by atoms with van der Waals surface area (Å²) >= 11 is 0. The minimum atomic E-state index is -3.12. The molecule has 1 aliphatic rings. The van der Waals surface area contributed by atoms with Gasteiger partial charge in [-0.05, 0) is 39.5 Å². The van der Waals surface area contributed by atoms with Crippen molar-refractivity contribution in [3.63, 3.8) is 0 Å². The summed E-state index contributed by atoms with van der Waals surface area (Å²) in [5.41, 5.74) is 0. The zero-order valence-electron chi connectivity index (χ0n) is 9.86. The van der Waals surface area contributed by atoms with E-state index in [0.29, 0.717) is 6.42 Å². The second kappa shape index (κ2) is 4.42. The third-order valence-electron chi connectivity index (χ3n) is 3.33. The van der Waals surface area contributed by atoms with E-state index in [1.54, 1.807) is 20.8 Å². The van der Waals surface area contributed by atoms with Crippen LogP contribution >= 0.6 is 0 Å². The van der Waals surface area contributed by atoms with Crippen molar-refractivity contribution in [3.8, 4) is 0 Å². The minimum Gasteiger partial charge on any atom is -0.396 e. The molecule has 0 aromatic rings. The molecule has 2 unspecified atom stereocenters. The van der Waals surface area contributed by atoms with E-state index in [4.69, 9.17) is 0 Å². The first-order chi connectivity index (χ1) is 6.80. The molecule has 0 spiro atoms. The van der Waals surface area contributed by atoms with Crippen LogP contribution in [-0.2, 0) is 9.84 Å². The van der Waals surface area contributed by atoms with E-state index in [9.17, 15) is 13.5 Å². The van der Waals surface area contributed by atoms with Crippen LogP contribution in [-0.4, -0.2) is 30.1 Å². The highest BCUT2D eigenvalue weighted by molar-refractivity contribution is 7.93. The van der Waals surface area contributed by atoms with Gasteiger partial charge in [0.25, 0.3) is 0 Å². The molecule has 3 nitrogen and oxygen atoms in total. The van der Waals surface area contributed by atoms with Gasteiger partial charge in [0.15, 0.2) is 9.84 Å². The van der Waals surface area contributed by atoms with Gasteiger partial charge in [0.1, 0.15) is 0 Å². The average molecular weight is 234 g/mol. The molecule has 15 heavy (non-hydrogen) atoms. The fourth-order valence-electron chi connectivity index (χ4n) is 2.25. The molecule has 90 valence electrons. The predicted molar refractivity (Wildman–Crippen MR) is 61.5 cm³/mol. The Hall–Kier alpha value is -0.0900. The van der Waals surface area contributed by atoms with E-state index >= 15 is 0 Å². The zero-order chi connectivity index (χ0) is 11.7. The van der Waals surface area contributed by atoms with E-state index < -0.39 is 14.6 Å². The first-order valence-electron chi connectivity index (χ1n) is 5.65. The van der Waals surface area contributed by atoms with Crippen LogP contribution in [0.1, 0.15) is 46.5 Å². The Bertz CT molecular complexity index is 300. The molecule has 0 aliphatic heterocycles. The van der Waals surface area contributed by atoms with E-state index in [0.717, 1.165) is 19.3 Å². The van der Waals surface area contributed by atoms with Gasteiger partial charge in [0, 0.05) is 6.61 Å². The summed E-state index contributed by atoms with van der Waals surface area (Å²) in [4.78, 5) is 0. The highest BCUT2D eigenvalue weighted by Crippen LogP contribution is 2.34. The smallest absolute Gasteiger partial charge is 0.158 e. The molecule has 0 aromatic carbocycles. The second-order valence-electron chi connectivity index (χ2n) is 5.42. The summed E-state index contributed by atoms with van der Waals surface area (Å²) in [6.45, 7) is 5.22. The predicted octanol–water partition coefficient (Wildman–Crippen LogP) is 1.75. The van der Waals surface area contributed by atoms with Gasteiger partial charge in [0.2, 0.25) is 0 Å². The van der Waals surface area contributed by atoms with Gasteiger partial charge < -0.3 is 5.11 Å². The minimum absolute atomic E-state index is 0.0000231. The summed E-state index contributed by atoms with van der Waals surface area (Å²) in [6, 6.07) is 0. The third-order valence-corrected chi connectivity index (χ3v) is 6.45. The van der Waals surface area contributed by atoms with Crippen LogP contribution in [0.25, 0.3) is 0 Å². The van der Waals surface area contributed by atoms with Crippen molar-refractivity contribution in [2.45, 2.75) is 56.5 Å². The van der Waals surface area contributed by atoms with Crippen molar-refractivity contribution >= 4 is 9.84 Å². The number of sulfone groups is 1. The normalized spacial score (nSPS) is 29.1. The standard InChI is InChI=1S/C11H22O3S/c1-11(2,3)15(13,14)10-7-5-4-6-9(10)8-12/h9-10,12H,4-8H2,1-3H3. The molecule has 0 radical (unpaired) electrons. The van der Waals surface area contributed by atoms with E-state index in [1.807, 2.05) is 0 Å². The maximum atomic E-state index is 12.3. The van der Waals surface area contributed by atoms with Gasteiger partial charge >= 0.3 is 0 Å². The number of aliphatic hydroxyl groups excluding tert-OH is 1. The van der Waals surface area contributed by atoms with Gasteiger partial charge in [-0.15, -0.1) is 0 Å². The molecule has 1 fully saturated rings. The van der Waals surface area contributed by atoms with Crippen molar-refractivity contribution in [1.82, 2.24) is 0 Å². The van der Waals surface area contributed by atoms with Crippen LogP contribution in [0.3, 0.4) is 0 Å². The van der Waals surface area contributed by atoms with Crippen molar-refractivity contribution in [2.24, 2.45) is 5.92 Å². The average Bonchev–Trinajstić information content (AvgIpc) is 2.16. The topological polar surface area (TPSA) is 54.4 Å². The van der Waals surface area contributed by atoms with E-state index in [2.05, 4.69) is 0 Å². The van der Waals surface area contributed by atoms with Crippen LogP contribution in [0.4, 0.5) is 0 Å². The fourth-order valence-corrected chi connectivity index (χ4v) is 4.36. The van der Waals surface area contributed by atoms with Crippen LogP contribution in [0, 0.1) is 5.92 Å². The summed E-state index contributed by atoms with van der Waals surface area (Å²) in [6.07, 6.45) is 3.57. The lowest BCUT2D eigenvalue weighted by molar-refractivity contribution is 0.191. The zero-order valence-corrected chi connectivity index (χ0v) is 10.7. The Kier molecular flexibility index (Phi) is 3.82. The van der Waals surface area contributed by atoms with Gasteiger partial charge in [-0.3, -0.25) is 0 Å². The Morgan fingerprint density at radius 1 is 1.20 bits per heavy atom. The van der Waals surface area contributed by atoms with Gasteiger partial charge in [-0.2, -0.15) is 0 Å². The SMILES string of the molecule is CC(C)(C)S(=O)(=O)C1CCCCC1CO. The Balaban J connectivity index is 2.94. The van der Waals surface area contributed by atoms with Crippen LogP contribution in [0.15, 0.2) is 0 Å². The van der Waals surface area contributed by atoms with Gasteiger partial charge in [-0.25, -0.2) is 8.42 Å². The van der Waals surface area contributed by atoms with Gasteiger partial charge in [-0.1, -0.05) is 12.8 Å². The number of hydrogen-bond acceptors (Lipinski definition) is 3. The molecule has 1 rings (SSSR count). The summed E-state index contributed by atoms with van der Waals surface area (Å²) < 4.78 is 23.8. The molecule has 0 aromatic heterocycles. The summed E-state index contributed by atoms with van der Waals surface area (Å²) in [5, 5.41) is 8.89. The molecule has 1 N–H and O–H groups in total. The van der Waals surface area contributed by atoms with Crippen molar-refractivity contribution in [1.29, 1.82) is 0 Å². The quantitative estimate of drug-likeness (QED) is 0.792. The molecule has 1 saturated carbocycles. The maximum Gasteiger partial charge on any atom is 0.158 e. The highest BCUT2D eigenvalue weighted by Gasteiger charge is 2.41. The van der Waals surface area contributed by atoms with Crippen molar-refractivity contribution < 1.29 is 13.5 Å². The molecule has 4 heteroatoms. The fraction of sp³-hybridized carbons (Fsp3) is 1.00. The number of rotatable bonds is 2. The van der Waals surface area contributed by atoms with Crippen LogP contribution in [0.5, 0.6) is 0 Å². The van der Waals surface area contributed by atoms with Crippen LogP contribution < -0.4 is 0 Å². The monoisotopic (exact) mass is 234 g/mol. The second-order valence-corrected chi connectivity index (χ2v) is 8.34. The molecule has 0 amide bonds. The molecule has 2 atom stereocenters.